The second-order valence-corrected chi connectivity index (χ2v) is 5.99. The first-order chi connectivity index (χ1) is 7.74. The zero-order chi connectivity index (χ0) is 11.5. The van der Waals surface area contributed by atoms with Crippen molar-refractivity contribution in [1.29, 1.82) is 0 Å². The van der Waals surface area contributed by atoms with Gasteiger partial charge in [0.2, 0.25) is 0 Å². The molecular formula is C13H16BrFS. The van der Waals surface area contributed by atoms with Gasteiger partial charge in [-0.1, -0.05) is 25.3 Å². The molecule has 88 valence electrons. The number of benzene rings is 1. The SMILES string of the molecule is CSc1c(Br)ccc(C2CCCCC2)c1F. The molecule has 1 aromatic carbocycles. The molecule has 0 N–H and O–H groups in total. The van der Waals surface area contributed by atoms with Crippen LogP contribution in [-0.4, -0.2) is 6.26 Å². The highest BCUT2D eigenvalue weighted by Gasteiger charge is 2.21. The maximum absolute atomic E-state index is 14.3. The van der Waals surface area contributed by atoms with Crippen LogP contribution in [0, 0.1) is 5.82 Å². The molecule has 0 saturated heterocycles. The molecule has 0 heterocycles. The molecule has 0 aromatic heterocycles. The van der Waals surface area contributed by atoms with E-state index < -0.39 is 0 Å². The van der Waals surface area contributed by atoms with Gasteiger partial charge in [-0.3, -0.25) is 0 Å². The Balaban J connectivity index is 2.33. The van der Waals surface area contributed by atoms with E-state index >= 15 is 0 Å². The quantitative estimate of drug-likeness (QED) is 0.663. The maximum Gasteiger partial charge on any atom is 0.141 e. The van der Waals surface area contributed by atoms with Gasteiger partial charge in [-0.05, 0) is 52.6 Å². The van der Waals surface area contributed by atoms with Crippen LogP contribution in [0.15, 0.2) is 21.5 Å². The lowest BCUT2D eigenvalue weighted by Crippen LogP contribution is -2.07. The zero-order valence-electron chi connectivity index (χ0n) is 9.43. The van der Waals surface area contributed by atoms with E-state index in [0.29, 0.717) is 5.92 Å². The Morgan fingerprint density at radius 3 is 2.56 bits per heavy atom. The Labute approximate surface area is 109 Å². The van der Waals surface area contributed by atoms with Gasteiger partial charge in [0.1, 0.15) is 5.82 Å². The molecule has 1 aliphatic carbocycles. The van der Waals surface area contributed by atoms with Crippen LogP contribution in [0.25, 0.3) is 0 Å². The van der Waals surface area contributed by atoms with Crippen LogP contribution >= 0.6 is 27.7 Å². The van der Waals surface area contributed by atoms with Crippen LogP contribution in [-0.2, 0) is 0 Å². The van der Waals surface area contributed by atoms with E-state index in [2.05, 4.69) is 15.9 Å². The highest BCUT2D eigenvalue weighted by atomic mass is 79.9. The van der Waals surface area contributed by atoms with Crippen molar-refractivity contribution in [1.82, 2.24) is 0 Å². The molecule has 1 fully saturated rings. The maximum atomic E-state index is 14.3. The summed E-state index contributed by atoms with van der Waals surface area (Å²) in [6.07, 6.45) is 8.01. The molecule has 0 amide bonds. The number of thioether (sulfide) groups is 1. The number of rotatable bonds is 2. The Morgan fingerprint density at radius 2 is 1.94 bits per heavy atom. The zero-order valence-corrected chi connectivity index (χ0v) is 11.8. The van der Waals surface area contributed by atoms with Crippen molar-refractivity contribution < 1.29 is 4.39 Å². The van der Waals surface area contributed by atoms with Crippen molar-refractivity contribution in [2.24, 2.45) is 0 Å². The molecule has 1 saturated carbocycles. The third-order valence-electron chi connectivity index (χ3n) is 3.33. The summed E-state index contributed by atoms with van der Waals surface area (Å²) in [5.74, 6) is 0.432. The van der Waals surface area contributed by atoms with E-state index in [4.69, 9.17) is 0 Å². The lowest BCUT2D eigenvalue weighted by atomic mass is 9.84. The molecule has 0 aliphatic heterocycles. The minimum absolute atomic E-state index is 0.00576. The van der Waals surface area contributed by atoms with Crippen LogP contribution in [0.4, 0.5) is 4.39 Å². The summed E-state index contributed by atoms with van der Waals surface area (Å²) in [7, 11) is 0. The fourth-order valence-electron chi connectivity index (χ4n) is 2.46. The van der Waals surface area contributed by atoms with E-state index in [1.165, 1.54) is 31.0 Å². The van der Waals surface area contributed by atoms with E-state index in [9.17, 15) is 4.39 Å². The van der Waals surface area contributed by atoms with Gasteiger partial charge in [0.15, 0.2) is 0 Å². The van der Waals surface area contributed by atoms with Gasteiger partial charge in [0.05, 0.1) is 4.90 Å². The van der Waals surface area contributed by atoms with Crippen molar-refractivity contribution in [2.45, 2.75) is 42.9 Å². The van der Waals surface area contributed by atoms with Crippen LogP contribution in [0.5, 0.6) is 0 Å². The van der Waals surface area contributed by atoms with Gasteiger partial charge in [0, 0.05) is 4.47 Å². The van der Waals surface area contributed by atoms with Crippen molar-refractivity contribution in [3.63, 3.8) is 0 Å². The topological polar surface area (TPSA) is 0 Å². The smallest absolute Gasteiger partial charge is 0.141 e. The number of halogens is 2. The molecule has 0 bridgehead atoms. The lowest BCUT2D eigenvalue weighted by molar-refractivity contribution is 0.426. The third-order valence-corrected chi connectivity index (χ3v) is 5.06. The van der Waals surface area contributed by atoms with Crippen molar-refractivity contribution in [3.05, 3.63) is 28.0 Å². The average Bonchev–Trinajstić information content (AvgIpc) is 2.31. The van der Waals surface area contributed by atoms with E-state index in [-0.39, 0.29) is 5.82 Å². The Kier molecular flexibility index (Phi) is 4.31. The molecule has 2 rings (SSSR count). The third kappa shape index (κ3) is 2.45. The van der Waals surface area contributed by atoms with Crippen molar-refractivity contribution in [3.8, 4) is 0 Å². The van der Waals surface area contributed by atoms with Gasteiger partial charge in [0.25, 0.3) is 0 Å². The van der Waals surface area contributed by atoms with E-state index in [1.807, 2.05) is 18.4 Å². The van der Waals surface area contributed by atoms with Crippen LogP contribution < -0.4 is 0 Å². The molecule has 1 aromatic rings. The molecule has 0 nitrogen and oxygen atoms in total. The lowest BCUT2D eigenvalue weighted by Gasteiger charge is -2.23. The summed E-state index contributed by atoms with van der Waals surface area (Å²) >= 11 is 4.88. The van der Waals surface area contributed by atoms with Crippen LogP contribution in [0.3, 0.4) is 0 Å². The van der Waals surface area contributed by atoms with Crippen molar-refractivity contribution in [2.75, 3.05) is 6.26 Å². The molecule has 3 heteroatoms. The molecule has 1 aliphatic rings. The monoisotopic (exact) mass is 302 g/mol. The number of hydrogen-bond acceptors (Lipinski definition) is 1. The largest absolute Gasteiger partial charge is 0.205 e. The molecule has 16 heavy (non-hydrogen) atoms. The summed E-state index contributed by atoms with van der Waals surface area (Å²) in [5.41, 5.74) is 0.923. The normalized spacial score (nSPS) is 17.7. The van der Waals surface area contributed by atoms with Crippen molar-refractivity contribution >= 4 is 27.7 Å². The fourth-order valence-corrected chi connectivity index (χ4v) is 3.82. The summed E-state index contributed by atoms with van der Waals surface area (Å²) in [6, 6.07) is 3.94. The first-order valence-electron chi connectivity index (χ1n) is 5.76. The van der Waals surface area contributed by atoms with Gasteiger partial charge in [-0.15, -0.1) is 11.8 Å². The van der Waals surface area contributed by atoms with Crippen LogP contribution in [0.2, 0.25) is 0 Å². The molecule has 0 atom stereocenters. The molecule has 0 radical (unpaired) electrons. The van der Waals surface area contributed by atoms with E-state index in [1.54, 1.807) is 0 Å². The summed E-state index contributed by atoms with van der Waals surface area (Å²) < 4.78 is 15.1. The highest BCUT2D eigenvalue weighted by Crippen LogP contribution is 2.38. The Bertz CT molecular complexity index is 372. The summed E-state index contributed by atoms with van der Waals surface area (Å²) in [6.45, 7) is 0. The van der Waals surface area contributed by atoms with Gasteiger partial charge < -0.3 is 0 Å². The second kappa shape index (κ2) is 5.54. The van der Waals surface area contributed by atoms with Gasteiger partial charge in [-0.25, -0.2) is 4.39 Å². The summed E-state index contributed by atoms with van der Waals surface area (Å²) in [5, 5.41) is 0. The van der Waals surface area contributed by atoms with Crippen LogP contribution in [0.1, 0.15) is 43.6 Å². The van der Waals surface area contributed by atoms with Gasteiger partial charge >= 0.3 is 0 Å². The molecule has 0 unspecified atom stereocenters. The minimum Gasteiger partial charge on any atom is -0.205 e. The number of hydrogen-bond donors (Lipinski definition) is 0. The standard InChI is InChI=1S/C13H16BrFS/c1-16-13-11(14)8-7-10(12(13)15)9-5-3-2-4-6-9/h7-9H,2-6H2,1H3. The Morgan fingerprint density at radius 1 is 1.25 bits per heavy atom. The highest BCUT2D eigenvalue weighted by molar-refractivity contribution is 9.10. The molecule has 0 spiro atoms. The fraction of sp³-hybridized carbons (Fsp3) is 0.538. The van der Waals surface area contributed by atoms with Gasteiger partial charge in [-0.2, -0.15) is 0 Å². The Hall–Kier alpha value is -0.0200. The summed E-state index contributed by atoms with van der Waals surface area (Å²) in [4.78, 5) is 0.753. The minimum atomic E-state index is -0.00576. The predicted octanol–water partition coefficient (Wildman–Crippen LogP) is 5.36. The van der Waals surface area contributed by atoms with E-state index in [0.717, 1.165) is 27.8 Å². The molecular weight excluding hydrogens is 287 g/mol. The second-order valence-electron chi connectivity index (χ2n) is 4.32. The first kappa shape index (κ1) is 12.4. The first-order valence-corrected chi connectivity index (χ1v) is 7.77. The average molecular weight is 303 g/mol. The predicted molar refractivity (Wildman–Crippen MR) is 71.7 cm³/mol.